The quantitative estimate of drug-likeness (QED) is 0.256. The van der Waals surface area contributed by atoms with Crippen LogP contribution in [0.25, 0.3) is 11.3 Å². The summed E-state index contributed by atoms with van der Waals surface area (Å²) in [5.41, 5.74) is 5.66. The zero-order valence-corrected chi connectivity index (χ0v) is 23.0. The number of anilines is 1. The second kappa shape index (κ2) is 11.7. The van der Waals surface area contributed by atoms with E-state index in [4.69, 9.17) is 18.9 Å². The molecule has 198 valence electrons. The maximum Gasteiger partial charge on any atom is 0.203 e. The maximum atomic E-state index is 5.87. The normalized spacial score (nSPS) is 14.9. The molecule has 0 radical (unpaired) electrons. The number of nitrogens with one attached hydrogen (secondary N) is 1. The first-order valence-corrected chi connectivity index (χ1v) is 13.6. The fourth-order valence-corrected chi connectivity index (χ4v) is 6.19. The third kappa shape index (κ3) is 5.27. The molecule has 1 aliphatic rings. The van der Waals surface area contributed by atoms with Gasteiger partial charge >= 0.3 is 0 Å². The van der Waals surface area contributed by atoms with Crippen LogP contribution >= 0.6 is 11.8 Å². The zero-order chi connectivity index (χ0) is 26.5. The molecule has 8 heteroatoms. The number of aromatic nitrogens is 2. The van der Waals surface area contributed by atoms with Crippen LogP contribution in [0.4, 0.5) is 5.69 Å². The first kappa shape index (κ1) is 25.9. The van der Waals surface area contributed by atoms with Gasteiger partial charge in [-0.2, -0.15) is 5.10 Å². The minimum Gasteiger partial charge on any atom is -0.494 e. The van der Waals surface area contributed by atoms with Crippen molar-refractivity contribution in [1.29, 1.82) is 0 Å². The highest BCUT2D eigenvalue weighted by atomic mass is 32.2. The number of fused-ring (bicyclic) bond motifs is 1. The Balaban J connectivity index is 1.51. The summed E-state index contributed by atoms with van der Waals surface area (Å²) in [6.45, 7) is 4.24. The number of thioether (sulfide) groups is 1. The maximum absolute atomic E-state index is 5.87. The molecular weight excluding hydrogens is 498 g/mol. The van der Waals surface area contributed by atoms with E-state index in [1.165, 1.54) is 10.6 Å². The van der Waals surface area contributed by atoms with Crippen LogP contribution in [-0.2, 0) is 6.54 Å². The van der Waals surface area contributed by atoms with Crippen LogP contribution in [0.1, 0.15) is 29.7 Å². The van der Waals surface area contributed by atoms with E-state index < -0.39 is 0 Å². The van der Waals surface area contributed by atoms with E-state index in [0.29, 0.717) is 23.9 Å². The summed E-state index contributed by atoms with van der Waals surface area (Å²) in [7, 11) is 4.94. The predicted molar refractivity (Wildman–Crippen MR) is 152 cm³/mol. The smallest absolute Gasteiger partial charge is 0.203 e. The van der Waals surface area contributed by atoms with Gasteiger partial charge < -0.3 is 23.8 Å². The lowest BCUT2D eigenvalue weighted by Crippen LogP contribution is -2.24. The molecule has 2 heterocycles. The second-order valence-corrected chi connectivity index (χ2v) is 10.2. The van der Waals surface area contributed by atoms with Crippen molar-refractivity contribution in [3.63, 3.8) is 0 Å². The van der Waals surface area contributed by atoms with Crippen LogP contribution in [-0.4, -0.2) is 44.7 Å². The summed E-state index contributed by atoms with van der Waals surface area (Å²) >= 11 is 1.84. The summed E-state index contributed by atoms with van der Waals surface area (Å²) in [5, 5.41) is 7.77. The van der Waals surface area contributed by atoms with E-state index in [1.807, 2.05) is 30.9 Å². The van der Waals surface area contributed by atoms with Crippen molar-refractivity contribution in [3.05, 3.63) is 78.0 Å². The summed E-state index contributed by atoms with van der Waals surface area (Å²) in [5.74, 6) is 2.81. The van der Waals surface area contributed by atoms with Gasteiger partial charge in [-0.15, -0.1) is 11.8 Å². The highest BCUT2D eigenvalue weighted by Crippen LogP contribution is 2.50. The molecule has 0 fully saturated rings. The number of aromatic amines is 1. The number of nitrogens with zero attached hydrogens (tertiary/aromatic N) is 2. The Morgan fingerprint density at radius 2 is 1.74 bits per heavy atom. The minimum absolute atomic E-state index is 0.183. The van der Waals surface area contributed by atoms with E-state index in [2.05, 4.69) is 69.7 Å². The summed E-state index contributed by atoms with van der Waals surface area (Å²) in [6, 6.07) is 20.9. The first-order valence-electron chi connectivity index (χ1n) is 12.7. The van der Waals surface area contributed by atoms with E-state index in [0.717, 1.165) is 47.6 Å². The van der Waals surface area contributed by atoms with Crippen molar-refractivity contribution in [2.75, 3.05) is 39.4 Å². The summed E-state index contributed by atoms with van der Waals surface area (Å²) < 4.78 is 22.7. The number of H-pyrrole nitrogens is 1. The number of ether oxygens (including phenoxy) is 4. The first-order chi connectivity index (χ1) is 18.6. The Morgan fingerprint density at radius 1 is 0.974 bits per heavy atom. The molecule has 0 aliphatic carbocycles. The molecule has 0 saturated carbocycles. The van der Waals surface area contributed by atoms with Gasteiger partial charge in [0.25, 0.3) is 0 Å². The highest BCUT2D eigenvalue weighted by molar-refractivity contribution is 7.99. The molecule has 7 nitrogen and oxygen atoms in total. The molecule has 0 bridgehead atoms. The number of benzene rings is 3. The lowest BCUT2D eigenvalue weighted by atomic mass is 10.1. The Morgan fingerprint density at radius 3 is 2.42 bits per heavy atom. The third-order valence-corrected chi connectivity index (χ3v) is 8.09. The number of rotatable bonds is 9. The Hall–Kier alpha value is -3.78. The molecular formula is C30H33N3O4S. The van der Waals surface area contributed by atoms with Crippen LogP contribution in [0.2, 0.25) is 0 Å². The van der Waals surface area contributed by atoms with Gasteiger partial charge in [0, 0.05) is 28.8 Å². The second-order valence-electron chi connectivity index (χ2n) is 8.97. The van der Waals surface area contributed by atoms with Crippen molar-refractivity contribution in [2.45, 2.75) is 30.0 Å². The average molecular weight is 532 g/mol. The zero-order valence-electron chi connectivity index (χ0n) is 22.2. The van der Waals surface area contributed by atoms with Crippen LogP contribution < -0.4 is 23.8 Å². The van der Waals surface area contributed by atoms with Gasteiger partial charge in [-0.3, -0.25) is 5.10 Å². The Kier molecular flexibility index (Phi) is 7.98. The minimum atomic E-state index is 0.183. The molecule has 1 N–H and O–H groups in total. The molecule has 0 amide bonds. The van der Waals surface area contributed by atoms with Gasteiger partial charge in [-0.1, -0.05) is 30.3 Å². The van der Waals surface area contributed by atoms with Crippen LogP contribution in [0.5, 0.6) is 23.0 Å². The van der Waals surface area contributed by atoms with Gasteiger partial charge in [0.05, 0.1) is 45.5 Å². The molecule has 5 rings (SSSR count). The molecule has 0 saturated heterocycles. The number of hydrogen-bond donors (Lipinski definition) is 1. The van der Waals surface area contributed by atoms with Gasteiger partial charge in [0.15, 0.2) is 11.5 Å². The topological polar surface area (TPSA) is 68.8 Å². The van der Waals surface area contributed by atoms with Crippen LogP contribution in [0.15, 0.2) is 71.8 Å². The fraction of sp³-hybridized carbons (Fsp3) is 0.300. The molecule has 38 heavy (non-hydrogen) atoms. The number of hydrogen-bond acceptors (Lipinski definition) is 7. The largest absolute Gasteiger partial charge is 0.494 e. The van der Waals surface area contributed by atoms with E-state index >= 15 is 0 Å². The molecule has 1 aliphatic heterocycles. The van der Waals surface area contributed by atoms with Gasteiger partial charge in [-0.05, 0) is 54.8 Å². The van der Waals surface area contributed by atoms with Crippen molar-refractivity contribution in [1.82, 2.24) is 10.2 Å². The van der Waals surface area contributed by atoms with Crippen molar-refractivity contribution < 1.29 is 18.9 Å². The molecule has 3 aromatic carbocycles. The monoisotopic (exact) mass is 531 g/mol. The average Bonchev–Trinajstić information content (AvgIpc) is 3.34. The third-order valence-electron chi connectivity index (χ3n) is 6.71. The van der Waals surface area contributed by atoms with Crippen molar-refractivity contribution >= 4 is 17.4 Å². The van der Waals surface area contributed by atoms with Gasteiger partial charge in [0.1, 0.15) is 5.75 Å². The van der Waals surface area contributed by atoms with E-state index in [9.17, 15) is 0 Å². The predicted octanol–water partition coefficient (Wildman–Crippen LogP) is 6.74. The summed E-state index contributed by atoms with van der Waals surface area (Å²) in [6.07, 6.45) is 2.87. The lowest BCUT2D eigenvalue weighted by molar-refractivity contribution is 0.323. The van der Waals surface area contributed by atoms with Crippen LogP contribution in [0.3, 0.4) is 0 Å². The van der Waals surface area contributed by atoms with E-state index in [-0.39, 0.29) is 5.25 Å². The van der Waals surface area contributed by atoms with Crippen molar-refractivity contribution in [2.24, 2.45) is 0 Å². The van der Waals surface area contributed by atoms with E-state index in [1.54, 1.807) is 21.3 Å². The standard InChI is InChI=1S/C30H33N3O4S/c1-5-37-23-11-12-24-28(17-23)38-27(21-15-25(34-2)30(36-4)26(16-21)35-3)13-14-33(24)19-22-18-31-32-29(22)20-9-7-6-8-10-20/h6-12,15-18,27H,5,13-14,19H2,1-4H3,(H,31,32). The van der Waals surface area contributed by atoms with Gasteiger partial charge in [0.2, 0.25) is 5.75 Å². The fourth-order valence-electron chi connectivity index (χ4n) is 4.89. The molecule has 4 aromatic rings. The lowest BCUT2D eigenvalue weighted by Gasteiger charge is -2.25. The summed E-state index contributed by atoms with van der Waals surface area (Å²) in [4.78, 5) is 3.62. The van der Waals surface area contributed by atoms with Crippen molar-refractivity contribution in [3.8, 4) is 34.3 Å². The van der Waals surface area contributed by atoms with Gasteiger partial charge in [-0.25, -0.2) is 0 Å². The molecule has 1 atom stereocenters. The SMILES string of the molecule is CCOc1ccc2c(c1)SC(c1cc(OC)c(OC)c(OC)c1)CCN2Cc1cn[nH]c1-c1ccccc1. The number of methoxy groups -OCH3 is 3. The molecule has 1 aromatic heterocycles. The highest BCUT2D eigenvalue weighted by Gasteiger charge is 2.27. The molecule has 0 spiro atoms. The van der Waals surface area contributed by atoms with Crippen LogP contribution in [0, 0.1) is 0 Å². The molecule has 1 unspecified atom stereocenters. The Labute approximate surface area is 228 Å². The Bertz CT molecular complexity index is 1350.